The molecule has 1 saturated heterocycles. The van der Waals surface area contributed by atoms with Gasteiger partial charge in [0.1, 0.15) is 23.2 Å². The third-order valence-corrected chi connectivity index (χ3v) is 5.07. The number of methoxy groups -OCH3 is 1. The summed E-state index contributed by atoms with van der Waals surface area (Å²) in [7, 11) is 1.63. The molecule has 3 aromatic rings. The van der Waals surface area contributed by atoms with E-state index in [0.29, 0.717) is 16.9 Å². The zero-order chi connectivity index (χ0) is 17.4. The van der Waals surface area contributed by atoms with Gasteiger partial charge in [-0.3, -0.25) is 4.57 Å². The van der Waals surface area contributed by atoms with Crippen LogP contribution in [0.3, 0.4) is 0 Å². The largest absolute Gasteiger partial charge is 0.496 e. The number of imidazole rings is 1. The molecule has 1 aliphatic rings. The summed E-state index contributed by atoms with van der Waals surface area (Å²) in [5.41, 5.74) is 2.97. The number of halogens is 2. The highest BCUT2D eigenvalue weighted by atomic mass is 79.9. The Morgan fingerprint density at radius 3 is 2.92 bits per heavy atom. The highest BCUT2D eigenvalue weighted by molar-refractivity contribution is 9.10. The van der Waals surface area contributed by atoms with Gasteiger partial charge in [0, 0.05) is 12.2 Å². The van der Waals surface area contributed by atoms with Crippen molar-refractivity contribution in [2.24, 2.45) is 0 Å². The Morgan fingerprint density at radius 2 is 2.20 bits per heavy atom. The highest BCUT2D eigenvalue weighted by Crippen LogP contribution is 2.34. The van der Waals surface area contributed by atoms with E-state index in [1.165, 1.54) is 0 Å². The van der Waals surface area contributed by atoms with Crippen molar-refractivity contribution in [2.45, 2.75) is 25.5 Å². The second-order valence-corrected chi connectivity index (χ2v) is 7.03. The van der Waals surface area contributed by atoms with Crippen molar-refractivity contribution < 1.29 is 9.47 Å². The Balaban J connectivity index is 1.84. The van der Waals surface area contributed by atoms with Gasteiger partial charge in [-0.25, -0.2) is 9.97 Å². The predicted octanol–water partition coefficient (Wildman–Crippen LogP) is 4.62. The molecule has 0 N–H and O–H groups in total. The zero-order valence-corrected chi connectivity index (χ0v) is 15.9. The van der Waals surface area contributed by atoms with Gasteiger partial charge in [-0.1, -0.05) is 0 Å². The van der Waals surface area contributed by atoms with Crippen molar-refractivity contribution in [2.75, 3.05) is 13.7 Å². The normalized spacial score (nSPS) is 17.8. The fourth-order valence-corrected chi connectivity index (χ4v) is 3.76. The van der Waals surface area contributed by atoms with E-state index in [-0.39, 0.29) is 11.5 Å². The molecule has 2 aromatic heterocycles. The summed E-state index contributed by atoms with van der Waals surface area (Å²) < 4.78 is 13.9. The molecule has 0 aliphatic carbocycles. The SMILES string of the molecule is COc1ccc(-c2nc(Cl)nc3c2ncn3C2CCCCO2)cc1Br. The first-order valence-corrected chi connectivity index (χ1v) is 9.20. The van der Waals surface area contributed by atoms with Crippen LogP contribution < -0.4 is 4.74 Å². The van der Waals surface area contributed by atoms with Crippen LogP contribution in [0.15, 0.2) is 29.0 Å². The van der Waals surface area contributed by atoms with Gasteiger partial charge >= 0.3 is 0 Å². The van der Waals surface area contributed by atoms with E-state index in [1.807, 2.05) is 22.8 Å². The standard InChI is InChI=1S/C17H16BrClN4O2/c1-24-12-6-5-10(8-11(12)18)14-15-16(22-17(19)21-14)23(9-20-15)13-4-2-3-7-25-13/h5-6,8-9,13H,2-4,7H2,1H3. The molecule has 0 radical (unpaired) electrons. The number of rotatable bonds is 3. The number of fused-ring (bicyclic) bond motifs is 1. The molecule has 1 atom stereocenters. The fourth-order valence-electron chi connectivity index (χ4n) is 3.06. The zero-order valence-electron chi connectivity index (χ0n) is 13.6. The summed E-state index contributed by atoms with van der Waals surface area (Å²) in [6.07, 6.45) is 4.86. The number of benzene rings is 1. The molecule has 1 unspecified atom stereocenters. The van der Waals surface area contributed by atoms with Gasteiger partial charge in [0.05, 0.1) is 17.9 Å². The van der Waals surface area contributed by atoms with Gasteiger partial charge < -0.3 is 9.47 Å². The van der Waals surface area contributed by atoms with Gasteiger partial charge in [0.15, 0.2) is 5.65 Å². The van der Waals surface area contributed by atoms with Gasteiger partial charge in [-0.15, -0.1) is 0 Å². The quantitative estimate of drug-likeness (QED) is 0.575. The number of hydrogen-bond donors (Lipinski definition) is 0. The molecule has 1 aromatic carbocycles. The van der Waals surface area contributed by atoms with Crippen LogP contribution in [0.5, 0.6) is 5.75 Å². The van der Waals surface area contributed by atoms with Crippen LogP contribution >= 0.6 is 27.5 Å². The molecule has 0 spiro atoms. The van der Waals surface area contributed by atoms with Crippen molar-refractivity contribution in [3.8, 4) is 17.0 Å². The van der Waals surface area contributed by atoms with E-state index in [9.17, 15) is 0 Å². The third-order valence-electron chi connectivity index (χ3n) is 4.29. The smallest absolute Gasteiger partial charge is 0.225 e. The summed E-state index contributed by atoms with van der Waals surface area (Å²) in [5.74, 6) is 0.751. The lowest BCUT2D eigenvalue weighted by Crippen LogP contribution is -2.17. The van der Waals surface area contributed by atoms with Crippen molar-refractivity contribution in [1.82, 2.24) is 19.5 Å². The molecule has 25 heavy (non-hydrogen) atoms. The van der Waals surface area contributed by atoms with Gasteiger partial charge in [0.25, 0.3) is 0 Å². The second kappa shape index (κ2) is 6.90. The lowest BCUT2D eigenvalue weighted by molar-refractivity contribution is -0.0298. The van der Waals surface area contributed by atoms with Crippen LogP contribution in [-0.4, -0.2) is 33.2 Å². The molecule has 0 saturated carbocycles. The van der Waals surface area contributed by atoms with Gasteiger partial charge in [-0.2, -0.15) is 4.98 Å². The topological polar surface area (TPSA) is 62.1 Å². The van der Waals surface area contributed by atoms with Crippen LogP contribution in [0.4, 0.5) is 0 Å². The lowest BCUT2D eigenvalue weighted by Gasteiger charge is -2.23. The summed E-state index contributed by atoms with van der Waals surface area (Å²) in [6, 6.07) is 5.74. The second-order valence-electron chi connectivity index (χ2n) is 5.84. The molecule has 4 rings (SSSR count). The molecule has 6 nitrogen and oxygen atoms in total. The molecule has 0 amide bonds. The molecular formula is C17H16BrClN4O2. The van der Waals surface area contributed by atoms with Crippen LogP contribution in [0.25, 0.3) is 22.4 Å². The minimum atomic E-state index is -0.0554. The lowest BCUT2D eigenvalue weighted by atomic mass is 10.1. The third kappa shape index (κ3) is 3.12. The minimum absolute atomic E-state index is 0.0554. The number of hydrogen-bond acceptors (Lipinski definition) is 5. The van der Waals surface area contributed by atoms with E-state index in [2.05, 4.69) is 30.9 Å². The monoisotopic (exact) mass is 422 g/mol. The molecule has 3 heterocycles. The Hall–Kier alpha value is -1.70. The Kier molecular flexibility index (Phi) is 4.62. The molecular weight excluding hydrogens is 408 g/mol. The van der Waals surface area contributed by atoms with E-state index in [4.69, 9.17) is 21.1 Å². The molecule has 130 valence electrons. The van der Waals surface area contributed by atoms with Gasteiger partial charge in [-0.05, 0) is 65.0 Å². The van der Waals surface area contributed by atoms with E-state index >= 15 is 0 Å². The molecule has 8 heteroatoms. The van der Waals surface area contributed by atoms with Crippen LogP contribution in [0, 0.1) is 0 Å². The van der Waals surface area contributed by atoms with Crippen LogP contribution in [0.2, 0.25) is 5.28 Å². The van der Waals surface area contributed by atoms with Gasteiger partial charge in [0.2, 0.25) is 5.28 Å². The average Bonchev–Trinajstić information content (AvgIpc) is 3.05. The Labute approximate surface area is 158 Å². The number of ether oxygens (including phenoxy) is 2. The Bertz CT molecular complexity index is 924. The molecule has 0 bridgehead atoms. The van der Waals surface area contributed by atoms with E-state index in [0.717, 1.165) is 41.7 Å². The summed E-state index contributed by atoms with van der Waals surface area (Å²) >= 11 is 9.71. The van der Waals surface area contributed by atoms with Crippen molar-refractivity contribution in [1.29, 1.82) is 0 Å². The van der Waals surface area contributed by atoms with E-state index in [1.54, 1.807) is 13.4 Å². The van der Waals surface area contributed by atoms with Crippen molar-refractivity contribution >= 4 is 38.7 Å². The summed E-state index contributed by atoms with van der Waals surface area (Å²) in [6.45, 7) is 0.751. The van der Waals surface area contributed by atoms with Crippen molar-refractivity contribution in [3.05, 3.63) is 34.3 Å². The first kappa shape index (κ1) is 16.8. The van der Waals surface area contributed by atoms with Crippen LogP contribution in [0.1, 0.15) is 25.5 Å². The van der Waals surface area contributed by atoms with E-state index < -0.39 is 0 Å². The average molecular weight is 424 g/mol. The maximum Gasteiger partial charge on any atom is 0.225 e. The minimum Gasteiger partial charge on any atom is -0.496 e. The van der Waals surface area contributed by atoms with Crippen molar-refractivity contribution in [3.63, 3.8) is 0 Å². The first-order valence-electron chi connectivity index (χ1n) is 8.03. The first-order chi connectivity index (χ1) is 12.2. The number of aromatic nitrogens is 4. The highest BCUT2D eigenvalue weighted by Gasteiger charge is 2.21. The molecule has 1 fully saturated rings. The number of nitrogens with zero attached hydrogens (tertiary/aromatic N) is 4. The summed E-state index contributed by atoms with van der Waals surface area (Å²) in [4.78, 5) is 13.3. The van der Waals surface area contributed by atoms with Crippen LogP contribution in [-0.2, 0) is 4.74 Å². The maximum atomic E-state index is 6.20. The fraction of sp³-hybridized carbons (Fsp3) is 0.353. The summed E-state index contributed by atoms with van der Waals surface area (Å²) in [5, 5.41) is 0.187. The molecule has 1 aliphatic heterocycles. The predicted molar refractivity (Wildman–Crippen MR) is 98.9 cm³/mol. The Morgan fingerprint density at radius 1 is 1.32 bits per heavy atom. The maximum absolute atomic E-state index is 6.20.